The molecule has 18 heavy (non-hydrogen) atoms. The summed E-state index contributed by atoms with van der Waals surface area (Å²) >= 11 is 1.27. The van der Waals surface area contributed by atoms with E-state index in [2.05, 4.69) is 10.3 Å². The van der Waals surface area contributed by atoms with Gasteiger partial charge in [-0.3, -0.25) is 14.6 Å². The van der Waals surface area contributed by atoms with E-state index in [-0.39, 0.29) is 12.3 Å². The highest BCUT2D eigenvalue weighted by molar-refractivity contribution is 7.11. The van der Waals surface area contributed by atoms with Crippen molar-refractivity contribution in [2.24, 2.45) is 0 Å². The lowest BCUT2D eigenvalue weighted by atomic mass is 9.79. The van der Waals surface area contributed by atoms with Gasteiger partial charge >= 0.3 is 5.97 Å². The molecular weight excluding hydrogens is 252 g/mol. The van der Waals surface area contributed by atoms with Crippen LogP contribution < -0.4 is 5.32 Å². The number of nitrogens with one attached hydrogen (secondary N) is 1. The zero-order valence-corrected chi connectivity index (χ0v) is 10.8. The molecular formula is C12H16N2O3S. The van der Waals surface area contributed by atoms with E-state index in [1.807, 2.05) is 0 Å². The summed E-state index contributed by atoms with van der Waals surface area (Å²) in [4.78, 5) is 27.4. The number of nitrogens with zero attached hydrogens (tertiary/aromatic N) is 1. The molecule has 0 unspecified atom stereocenters. The van der Waals surface area contributed by atoms with Gasteiger partial charge in [-0.2, -0.15) is 0 Å². The smallest absolute Gasteiger partial charge is 0.305 e. The van der Waals surface area contributed by atoms with Crippen molar-refractivity contribution in [3.8, 4) is 0 Å². The molecule has 1 heterocycles. The van der Waals surface area contributed by atoms with Crippen molar-refractivity contribution in [1.29, 1.82) is 0 Å². The van der Waals surface area contributed by atoms with Crippen molar-refractivity contribution in [2.75, 3.05) is 0 Å². The van der Waals surface area contributed by atoms with Crippen LogP contribution in [0.4, 0.5) is 0 Å². The van der Waals surface area contributed by atoms with Gasteiger partial charge in [-0.25, -0.2) is 0 Å². The minimum absolute atomic E-state index is 0.00244. The molecule has 1 fully saturated rings. The summed E-state index contributed by atoms with van der Waals surface area (Å²) in [5, 5.41) is 11.9. The van der Waals surface area contributed by atoms with Crippen molar-refractivity contribution in [1.82, 2.24) is 10.3 Å². The minimum atomic E-state index is -0.860. The first-order valence-corrected chi connectivity index (χ1v) is 6.92. The summed E-state index contributed by atoms with van der Waals surface area (Å²) < 4.78 is 0. The van der Waals surface area contributed by atoms with Crippen LogP contribution in [0.2, 0.25) is 0 Å². The van der Waals surface area contributed by atoms with Crippen LogP contribution in [0, 0.1) is 0 Å². The molecule has 0 atom stereocenters. The molecule has 6 heteroatoms. The van der Waals surface area contributed by atoms with Gasteiger partial charge in [0.15, 0.2) is 0 Å². The van der Waals surface area contributed by atoms with E-state index < -0.39 is 11.5 Å². The van der Waals surface area contributed by atoms with E-state index >= 15 is 0 Å². The summed E-state index contributed by atoms with van der Waals surface area (Å²) in [6.45, 7) is 0. The van der Waals surface area contributed by atoms with Crippen LogP contribution in [0.15, 0.2) is 11.7 Å². The van der Waals surface area contributed by atoms with Crippen LogP contribution >= 0.6 is 11.3 Å². The van der Waals surface area contributed by atoms with Gasteiger partial charge in [0.1, 0.15) is 4.88 Å². The fourth-order valence-electron chi connectivity index (χ4n) is 2.49. The number of carboxylic acid groups (broad SMARTS) is 1. The lowest BCUT2D eigenvalue weighted by molar-refractivity contribution is -0.139. The van der Waals surface area contributed by atoms with Crippen LogP contribution in [0.1, 0.15) is 48.2 Å². The Balaban J connectivity index is 2.09. The quantitative estimate of drug-likeness (QED) is 0.876. The Bertz CT molecular complexity index is 425. The first-order chi connectivity index (χ1) is 8.61. The summed E-state index contributed by atoms with van der Waals surface area (Å²) in [5.74, 6) is -1.07. The highest BCUT2D eigenvalue weighted by Crippen LogP contribution is 2.31. The number of hydrogen-bond acceptors (Lipinski definition) is 4. The third-order valence-corrected chi connectivity index (χ3v) is 4.11. The van der Waals surface area contributed by atoms with Gasteiger partial charge in [0.05, 0.1) is 23.7 Å². The Morgan fingerprint density at radius 3 is 2.67 bits per heavy atom. The maximum Gasteiger partial charge on any atom is 0.305 e. The maximum absolute atomic E-state index is 12.0. The molecule has 1 aromatic rings. The molecule has 5 nitrogen and oxygen atoms in total. The molecule has 0 spiro atoms. The molecule has 98 valence electrons. The predicted molar refractivity (Wildman–Crippen MR) is 67.6 cm³/mol. The highest BCUT2D eigenvalue weighted by atomic mass is 32.1. The Hall–Kier alpha value is -1.43. The van der Waals surface area contributed by atoms with Gasteiger partial charge in [0.25, 0.3) is 5.91 Å². The topological polar surface area (TPSA) is 79.3 Å². The van der Waals surface area contributed by atoms with Crippen LogP contribution in [-0.4, -0.2) is 27.5 Å². The van der Waals surface area contributed by atoms with E-state index in [1.165, 1.54) is 17.5 Å². The second-order valence-corrected chi connectivity index (χ2v) is 5.62. The first-order valence-electron chi connectivity index (χ1n) is 6.04. The number of carbonyl (C=O) groups excluding carboxylic acids is 1. The molecule has 0 saturated heterocycles. The monoisotopic (exact) mass is 268 g/mol. The average Bonchev–Trinajstić information content (AvgIpc) is 2.82. The first kappa shape index (κ1) is 13.0. The molecule has 0 bridgehead atoms. The van der Waals surface area contributed by atoms with E-state index in [4.69, 9.17) is 5.11 Å². The van der Waals surface area contributed by atoms with Crippen LogP contribution in [0.5, 0.6) is 0 Å². The summed E-state index contributed by atoms with van der Waals surface area (Å²) in [6.07, 6.45) is 6.03. The molecule has 0 aliphatic heterocycles. The molecule has 0 radical (unpaired) electrons. The highest BCUT2D eigenvalue weighted by Gasteiger charge is 2.36. The van der Waals surface area contributed by atoms with Crippen molar-refractivity contribution in [3.63, 3.8) is 0 Å². The average molecular weight is 268 g/mol. The molecule has 1 aromatic heterocycles. The fourth-order valence-corrected chi connectivity index (χ4v) is 3.01. The second kappa shape index (κ2) is 5.48. The van der Waals surface area contributed by atoms with Crippen LogP contribution in [0.3, 0.4) is 0 Å². The zero-order valence-electron chi connectivity index (χ0n) is 10.0. The third-order valence-electron chi connectivity index (χ3n) is 3.34. The van der Waals surface area contributed by atoms with E-state index in [1.54, 1.807) is 5.51 Å². The number of thiazole rings is 1. The fraction of sp³-hybridized carbons (Fsp3) is 0.583. The Kier molecular flexibility index (Phi) is 3.96. The van der Waals surface area contributed by atoms with Gasteiger partial charge in [-0.1, -0.05) is 19.3 Å². The Morgan fingerprint density at radius 1 is 1.39 bits per heavy atom. The lowest BCUT2D eigenvalue weighted by Crippen LogP contribution is -2.50. The predicted octanol–water partition coefficient (Wildman–Crippen LogP) is 2.05. The normalized spacial score (nSPS) is 18.2. The summed E-state index contributed by atoms with van der Waals surface area (Å²) in [6, 6.07) is 0. The number of carbonyl (C=O) groups is 2. The zero-order chi connectivity index (χ0) is 13.0. The van der Waals surface area contributed by atoms with E-state index in [0.29, 0.717) is 4.88 Å². The second-order valence-electron chi connectivity index (χ2n) is 4.73. The number of hydrogen-bond donors (Lipinski definition) is 2. The molecule has 1 aliphatic carbocycles. The lowest BCUT2D eigenvalue weighted by Gasteiger charge is -2.36. The Morgan fingerprint density at radius 2 is 2.11 bits per heavy atom. The summed E-state index contributed by atoms with van der Waals surface area (Å²) in [7, 11) is 0. The molecule has 1 aliphatic rings. The number of amides is 1. The van der Waals surface area contributed by atoms with Crippen molar-refractivity contribution >= 4 is 23.2 Å². The van der Waals surface area contributed by atoms with Crippen LogP contribution in [-0.2, 0) is 4.79 Å². The standard InChI is InChI=1S/C12H16N2O3S/c15-10(16)6-12(4-2-1-3-5-12)14-11(17)9-7-13-8-18-9/h7-8H,1-6H2,(H,14,17)(H,15,16). The van der Waals surface area contributed by atoms with Gasteiger partial charge in [-0.15, -0.1) is 11.3 Å². The Labute approximate surface area is 109 Å². The molecule has 2 rings (SSSR count). The van der Waals surface area contributed by atoms with Crippen molar-refractivity contribution in [3.05, 3.63) is 16.6 Å². The molecule has 2 N–H and O–H groups in total. The van der Waals surface area contributed by atoms with Gasteiger partial charge in [0, 0.05) is 0 Å². The molecule has 0 aromatic carbocycles. The van der Waals surface area contributed by atoms with E-state index in [0.717, 1.165) is 32.1 Å². The maximum atomic E-state index is 12.0. The number of aromatic nitrogens is 1. The van der Waals surface area contributed by atoms with Gasteiger partial charge in [-0.05, 0) is 12.8 Å². The number of rotatable bonds is 4. The van der Waals surface area contributed by atoms with Gasteiger partial charge < -0.3 is 10.4 Å². The third kappa shape index (κ3) is 3.07. The molecule has 1 amide bonds. The molecule has 1 saturated carbocycles. The SMILES string of the molecule is O=C(O)CC1(NC(=O)c2cncs2)CCCCC1. The van der Waals surface area contributed by atoms with Crippen LogP contribution in [0.25, 0.3) is 0 Å². The number of aliphatic carboxylic acids is 1. The summed E-state index contributed by atoms with van der Waals surface area (Å²) in [5.41, 5.74) is 1.02. The number of carboxylic acids is 1. The van der Waals surface area contributed by atoms with E-state index in [9.17, 15) is 9.59 Å². The van der Waals surface area contributed by atoms with Crippen molar-refractivity contribution < 1.29 is 14.7 Å². The van der Waals surface area contributed by atoms with Crippen molar-refractivity contribution in [2.45, 2.75) is 44.1 Å². The van der Waals surface area contributed by atoms with Gasteiger partial charge in [0.2, 0.25) is 0 Å². The largest absolute Gasteiger partial charge is 0.481 e. The minimum Gasteiger partial charge on any atom is -0.481 e.